The molecule has 2 atom stereocenters. The van der Waals surface area contributed by atoms with Crippen molar-refractivity contribution >= 4 is 23.2 Å². The van der Waals surface area contributed by atoms with E-state index in [-0.39, 0.29) is 18.2 Å². The van der Waals surface area contributed by atoms with E-state index < -0.39 is 12.0 Å². The van der Waals surface area contributed by atoms with Crippen molar-refractivity contribution in [3.8, 4) is 23.0 Å². The molecule has 1 aliphatic rings. The Labute approximate surface area is 223 Å². The van der Waals surface area contributed by atoms with Crippen molar-refractivity contribution in [1.29, 1.82) is 0 Å². The number of nitrogens with one attached hydrogen (secondary N) is 1. The number of aryl methyl sites for hydroxylation is 1. The second kappa shape index (κ2) is 11.9. The second-order valence-electron chi connectivity index (χ2n) is 9.05. The maximum atomic E-state index is 13.7. The number of benzene rings is 3. The average Bonchev–Trinajstić information content (AvgIpc) is 2.96. The third kappa shape index (κ3) is 5.39. The van der Waals surface area contributed by atoms with E-state index in [0.717, 1.165) is 17.7 Å². The highest BCUT2D eigenvalue weighted by Crippen LogP contribution is 2.46. The van der Waals surface area contributed by atoms with Crippen molar-refractivity contribution in [1.82, 2.24) is 0 Å². The van der Waals surface area contributed by atoms with Crippen LogP contribution in [0.3, 0.4) is 0 Å². The molecule has 1 heterocycles. The van der Waals surface area contributed by atoms with Gasteiger partial charge in [-0.3, -0.25) is 9.59 Å². The van der Waals surface area contributed by atoms with Gasteiger partial charge in [-0.15, -0.1) is 0 Å². The van der Waals surface area contributed by atoms with Crippen LogP contribution in [0.15, 0.2) is 60.7 Å². The van der Waals surface area contributed by atoms with Crippen LogP contribution in [-0.2, 0) is 16.0 Å². The molecular formula is C30H34N2O6. The predicted molar refractivity (Wildman–Crippen MR) is 146 cm³/mol. The van der Waals surface area contributed by atoms with Crippen LogP contribution in [0.1, 0.15) is 36.9 Å². The molecule has 8 heteroatoms. The number of carbonyl (C=O) groups excluding carboxylic acids is 2. The van der Waals surface area contributed by atoms with Crippen LogP contribution in [0, 0.1) is 5.92 Å². The molecule has 0 aliphatic carbocycles. The zero-order chi connectivity index (χ0) is 27.2. The fraction of sp³-hybridized carbons (Fsp3) is 0.333. The van der Waals surface area contributed by atoms with Crippen LogP contribution in [0.2, 0.25) is 0 Å². The van der Waals surface area contributed by atoms with Gasteiger partial charge in [-0.1, -0.05) is 31.2 Å². The van der Waals surface area contributed by atoms with Gasteiger partial charge in [0.25, 0.3) is 0 Å². The minimum atomic E-state index is -0.570. The monoisotopic (exact) mass is 518 g/mol. The van der Waals surface area contributed by atoms with E-state index in [9.17, 15) is 9.59 Å². The molecule has 1 saturated heterocycles. The summed E-state index contributed by atoms with van der Waals surface area (Å²) in [6.07, 6.45) is 1.55. The summed E-state index contributed by atoms with van der Waals surface area (Å²) in [5.41, 5.74) is 3.28. The minimum absolute atomic E-state index is 0.101. The van der Waals surface area contributed by atoms with Gasteiger partial charge >= 0.3 is 0 Å². The summed E-state index contributed by atoms with van der Waals surface area (Å²) < 4.78 is 21.9. The Kier molecular flexibility index (Phi) is 8.41. The number of carbonyl (C=O) groups is 2. The van der Waals surface area contributed by atoms with Crippen LogP contribution >= 0.6 is 0 Å². The molecule has 3 aromatic rings. The molecule has 0 bridgehead atoms. The first-order chi connectivity index (χ1) is 18.4. The van der Waals surface area contributed by atoms with E-state index in [1.165, 1.54) is 26.9 Å². The highest BCUT2D eigenvalue weighted by atomic mass is 16.5. The van der Waals surface area contributed by atoms with Crippen LogP contribution in [-0.4, -0.2) is 40.3 Å². The van der Waals surface area contributed by atoms with Gasteiger partial charge in [0.15, 0.2) is 11.5 Å². The number of anilines is 2. The molecule has 4 rings (SSSR count). The van der Waals surface area contributed by atoms with E-state index in [1.807, 2.05) is 48.5 Å². The molecule has 2 unspecified atom stereocenters. The van der Waals surface area contributed by atoms with Crippen molar-refractivity contribution in [2.24, 2.45) is 5.92 Å². The molecule has 200 valence electrons. The lowest BCUT2D eigenvalue weighted by atomic mass is 9.83. The minimum Gasteiger partial charge on any atom is -0.497 e. The van der Waals surface area contributed by atoms with Gasteiger partial charge < -0.3 is 29.2 Å². The summed E-state index contributed by atoms with van der Waals surface area (Å²) in [6, 6.07) is 18.2. The van der Waals surface area contributed by atoms with E-state index in [4.69, 9.17) is 18.9 Å². The van der Waals surface area contributed by atoms with Crippen molar-refractivity contribution < 1.29 is 28.5 Å². The van der Waals surface area contributed by atoms with Crippen LogP contribution in [0.4, 0.5) is 11.4 Å². The third-order valence-corrected chi connectivity index (χ3v) is 6.95. The predicted octanol–water partition coefficient (Wildman–Crippen LogP) is 5.41. The molecule has 8 nitrogen and oxygen atoms in total. The van der Waals surface area contributed by atoms with E-state index in [0.29, 0.717) is 35.1 Å². The Morgan fingerprint density at radius 3 is 2.05 bits per heavy atom. The fourth-order valence-electron chi connectivity index (χ4n) is 4.92. The lowest BCUT2D eigenvalue weighted by Crippen LogP contribution is -2.47. The maximum absolute atomic E-state index is 13.7. The number of amides is 2. The van der Waals surface area contributed by atoms with Crippen molar-refractivity contribution in [2.45, 2.75) is 32.2 Å². The quantitative estimate of drug-likeness (QED) is 0.408. The molecule has 1 aliphatic heterocycles. The Balaban J connectivity index is 1.79. The fourth-order valence-corrected chi connectivity index (χ4v) is 4.92. The number of hydrogen-bond donors (Lipinski definition) is 1. The molecule has 0 radical (unpaired) electrons. The summed E-state index contributed by atoms with van der Waals surface area (Å²) in [5.74, 6) is 1.19. The van der Waals surface area contributed by atoms with Crippen LogP contribution in [0.5, 0.6) is 23.0 Å². The number of hydrogen-bond acceptors (Lipinski definition) is 6. The van der Waals surface area contributed by atoms with Gasteiger partial charge in [0, 0.05) is 24.2 Å². The number of rotatable bonds is 9. The highest BCUT2D eigenvalue weighted by molar-refractivity contribution is 6.00. The summed E-state index contributed by atoms with van der Waals surface area (Å²) in [7, 11) is 6.18. The van der Waals surface area contributed by atoms with Crippen LogP contribution in [0.25, 0.3) is 0 Å². The molecular weight excluding hydrogens is 484 g/mol. The summed E-state index contributed by atoms with van der Waals surface area (Å²) in [5, 5.41) is 3.06. The SMILES string of the molecule is CCc1ccc(NC(=O)C2CCC(=O)N(c3cc(OC)c(OC)c(OC)c3)C2c2ccc(OC)cc2)cc1. The molecule has 0 spiro atoms. The molecule has 1 N–H and O–H groups in total. The highest BCUT2D eigenvalue weighted by Gasteiger charge is 2.42. The van der Waals surface area contributed by atoms with E-state index in [2.05, 4.69) is 12.2 Å². The smallest absolute Gasteiger partial charge is 0.229 e. The van der Waals surface area contributed by atoms with Gasteiger partial charge in [0.05, 0.1) is 46.1 Å². The number of nitrogens with zero attached hydrogens (tertiary/aromatic N) is 1. The Hall–Kier alpha value is -4.20. The van der Waals surface area contributed by atoms with Gasteiger partial charge in [0.2, 0.25) is 17.6 Å². The lowest BCUT2D eigenvalue weighted by molar-refractivity contribution is -0.125. The van der Waals surface area contributed by atoms with Crippen LogP contribution < -0.4 is 29.2 Å². The molecule has 3 aromatic carbocycles. The van der Waals surface area contributed by atoms with Gasteiger partial charge in [-0.25, -0.2) is 0 Å². The van der Waals surface area contributed by atoms with Gasteiger partial charge in [-0.05, 0) is 48.2 Å². The van der Waals surface area contributed by atoms with Gasteiger partial charge in [0.1, 0.15) is 5.75 Å². The first-order valence-corrected chi connectivity index (χ1v) is 12.6. The first kappa shape index (κ1) is 26.9. The maximum Gasteiger partial charge on any atom is 0.229 e. The lowest BCUT2D eigenvalue weighted by Gasteiger charge is -2.41. The largest absolute Gasteiger partial charge is 0.497 e. The third-order valence-electron chi connectivity index (χ3n) is 6.95. The Bertz CT molecular complexity index is 1250. The number of methoxy groups -OCH3 is 4. The molecule has 2 amide bonds. The molecule has 38 heavy (non-hydrogen) atoms. The Morgan fingerprint density at radius 2 is 1.53 bits per heavy atom. The molecule has 0 saturated carbocycles. The standard InChI is InChI=1S/C30H34N2O6/c1-6-19-7-11-21(12-8-19)31-30(34)24-15-16-27(33)32(28(24)20-9-13-23(35-2)14-10-20)22-17-25(36-3)29(38-5)26(18-22)37-4/h7-14,17-18,24,28H,6,15-16H2,1-5H3,(H,31,34). The number of piperidine rings is 1. The second-order valence-corrected chi connectivity index (χ2v) is 9.05. The zero-order valence-corrected chi connectivity index (χ0v) is 22.4. The van der Waals surface area contributed by atoms with Crippen molar-refractivity contribution in [3.63, 3.8) is 0 Å². The molecule has 1 fully saturated rings. The summed E-state index contributed by atoms with van der Waals surface area (Å²) in [6.45, 7) is 2.09. The average molecular weight is 519 g/mol. The van der Waals surface area contributed by atoms with E-state index >= 15 is 0 Å². The summed E-state index contributed by atoms with van der Waals surface area (Å²) >= 11 is 0. The van der Waals surface area contributed by atoms with Gasteiger partial charge in [-0.2, -0.15) is 0 Å². The summed E-state index contributed by atoms with van der Waals surface area (Å²) in [4.78, 5) is 28.9. The first-order valence-electron chi connectivity index (χ1n) is 12.6. The Morgan fingerprint density at radius 1 is 0.895 bits per heavy atom. The molecule has 0 aromatic heterocycles. The normalized spacial score (nSPS) is 17.1. The van der Waals surface area contributed by atoms with E-state index in [1.54, 1.807) is 24.1 Å². The van der Waals surface area contributed by atoms with Crippen molar-refractivity contribution in [3.05, 3.63) is 71.8 Å². The zero-order valence-electron chi connectivity index (χ0n) is 22.4. The topological polar surface area (TPSA) is 86.3 Å². The van der Waals surface area contributed by atoms with Crippen molar-refractivity contribution in [2.75, 3.05) is 38.7 Å². The number of ether oxygens (including phenoxy) is 4.